The quantitative estimate of drug-likeness (QED) is 0.273. The molecule has 2 aromatic rings. The molecule has 0 spiro atoms. The Morgan fingerprint density at radius 2 is 1.52 bits per heavy atom. The predicted octanol–water partition coefficient (Wildman–Crippen LogP) is 4.60. The van der Waals surface area contributed by atoms with Crippen LogP contribution in [-0.2, 0) is 0 Å². The molecule has 0 aliphatic carbocycles. The van der Waals surface area contributed by atoms with Crippen LogP contribution in [0.2, 0.25) is 0 Å². The summed E-state index contributed by atoms with van der Waals surface area (Å²) in [4.78, 5) is 12.1. The second kappa shape index (κ2) is 8.38. The molecule has 0 saturated carbocycles. The number of methoxy groups -OCH3 is 1. The topological polar surface area (TPSA) is 50.4 Å². The third kappa shape index (κ3) is 4.32. The summed E-state index contributed by atoms with van der Waals surface area (Å²) in [6.45, 7) is 3.74. The van der Waals surface area contributed by atoms with Crippen molar-refractivity contribution in [3.63, 3.8) is 0 Å². The van der Waals surface area contributed by atoms with Gasteiger partial charge in [0.15, 0.2) is 22.5 Å². The van der Waals surface area contributed by atoms with E-state index in [1.54, 1.807) is 12.1 Å². The van der Waals surface area contributed by atoms with Crippen LogP contribution in [0.5, 0.6) is 5.75 Å². The number of ether oxygens (including phenoxy) is 1. The molecule has 2 aromatic carbocycles. The van der Waals surface area contributed by atoms with Crippen LogP contribution in [0.15, 0.2) is 12.1 Å². The van der Waals surface area contributed by atoms with Gasteiger partial charge >= 0.3 is 0 Å². The fourth-order valence-corrected chi connectivity index (χ4v) is 2.86. The molecule has 0 aliphatic rings. The zero-order valence-corrected chi connectivity index (χ0v) is 17.2. The molecule has 0 heterocycles. The van der Waals surface area contributed by atoms with Crippen molar-refractivity contribution in [1.82, 2.24) is 5.32 Å². The molecular formula is C17H13F4IN2O2S. The minimum Gasteiger partial charge on any atom is -0.491 e. The lowest BCUT2D eigenvalue weighted by molar-refractivity contribution is 0.0966. The zero-order valence-electron chi connectivity index (χ0n) is 14.3. The van der Waals surface area contributed by atoms with Gasteiger partial charge in [0, 0.05) is 9.26 Å². The molecule has 0 atom stereocenters. The van der Waals surface area contributed by atoms with Crippen LogP contribution < -0.4 is 15.4 Å². The number of aryl methyl sites for hydroxylation is 2. The third-order valence-corrected chi connectivity index (χ3v) is 5.48. The van der Waals surface area contributed by atoms with Gasteiger partial charge in [0.2, 0.25) is 11.6 Å². The van der Waals surface area contributed by atoms with Gasteiger partial charge < -0.3 is 10.1 Å². The predicted molar refractivity (Wildman–Crippen MR) is 105 cm³/mol. The van der Waals surface area contributed by atoms with Crippen LogP contribution in [0.1, 0.15) is 21.5 Å². The summed E-state index contributed by atoms with van der Waals surface area (Å²) >= 11 is 7.10. The van der Waals surface area contributed by atoms with Crippen molar-refractivity contribution in [2.75, 3.05) is 12.4 Å². The highest BCUT2D eigenvalue weighted by Crippen LogP contribution is 2.29. The Labute approximate surface area is 171 Å². The molecular weight excluding hydrogens is 499 g/mol. The lowest BCUT2D eigenvalue weighted by Crippen LogP contribution is -2.35. The van der Waals surface area contributed by atoms with E-state index in [4.69, 9.17) is 12.2 Å². The summed E-state index contributed by atoms with van der Waals surface area (Å²) in [7, 11) is 0.837. The maximum absolute atomic E-state index is 14.0. The lowest BCUT2D eigenvalue weighted by Gasteiger charge is -2.14. The van der Waals surface area contributed by atoms with E-state index in [9.17, 15) is 22.4 Å². The van der Waals surface area contributed by atoms with Gasteiger partial charge in [-0.1, -0.05) is 0 Å². The van der Waals surface area contributed by atoms with Crippen molar-refractivity contribution in [3.8, 4) is 5.75 Å². The third-order valence-electron chi connectivity index (χ3n) is 3.58. The number of hydrogen-bond donors (Lipinski definition) is 2. The van der Waals surface area contributed by atoms with Crippen LogP contribution >= 0.6 is 34.8 Å². The molecule has 0 unspecified atom stereocenters. The number of hydrogen-bond acceptors (Lipinski definition) is 3. The molecule has 10 heteroatoms. The smallest absolute Gasteiger partial charge is 0.263 e. The maximum atomic E-state index is 14.0. The van der Waals surface area contributed by atoms with E-state index in [0.717, 1.165) is 21.8 Å². The summed E-state index contributed by atoms with van der Waals surface area (Å²) in [5, 5.41) is 4.38. The van der Waals surface area contributed by atoms with Crippen molar-refractivity contribution in [2.24, 2.45) is 0 Å². The second-order valence-corrected chi connectivity index (χ2v) is 6.98. The molecule has 0 aromatic heterocycles. The highest BCUT2D eigenvalue weighted by atomic mass is 127. The van der Waals surface area contributed by atoms with Gasteiger partial charge in [-0.15, -0.1) is 0 Å². The minimum absolute atomic E-state index is 0.296. The Hall–Kier alpha value is -1.95. The molecule has 0 aliphatic heterocycles. The number of nitrogens with one attached hydrogen (secondary N) is 2. The van der Waals surface area contributed by atoms with E-state index in [1.165, 1.54) is 0 Å². The molecule has 0 bridgehead atoms. The lowest BCUT2D eigenvalue weighted by atomic mass is 10.1. The van der Waals surface area contributed by atoms with Crippen molar-refractivity contribution < 1.29 is 27.1 Å². The molecule has 144 valence electrons. The number of thiocarbonyl (C=S) groups is 1. The van der Waals surface area contributed by atoms with Gasteiger partial charge in [-0.25, -0.2) is 8.78 Å². The number of halogens is 5. The van der Waals surface area contributed by atoms with Crippen molar-refractivity contribution >= 4 is 51.5 Å². The van der Waals surface area contributed by atoms with Crippen LogP contribution in [0.4, 0.5) is 23.2 Å². The first-order valence-corrected chi connectivity index (χ1v) is 8.86. The first kappa shape index (κ1) is 21.4. The summed E-state index contributed by atoms with van der Waals surface area (Å²) < 4.78 is 60.7. The SMILES string of the molecule is COc1c(F)c(F)c(C(=O)NC(=S)Nc2cc(C)c(I)c(C)c2)c(F)c1F. The molecule has 2 N–H and O–H groups in total. The van der Waals surface area contributed by atoms with Gasteiger partial charge in [0.25, 0.3) is 5.91 Å². The average Bonchev–Trinajstić information content (AvgIpc) is 2.58. The Morgan fingerprint density at radius 1 is 1.04 bits per heavy atom. The van der Waals surface area contributed by atoms with Crippen molar-refractivity contribution in [2.45, 2.75) is 13.8 Å². The molecule has 1 amide bonds. The Balaban J connectivity index is 2.26. The number of benzene rings is 2. The maximum Gasteiger partial charge on any atom is 0.263 e. The van der Waals surface area contributed by atoms with E-state index in [1.807, 2.05) is 19.2 Å². The van der Waals surface area contributed by atoms with Gasteiger partial charge in [-0.3, -0.25) is 10.1 Å². The summed E-state index contributed by atoms with van der Waals surface area (Å²) in [5.74, 6) is -10.1. The number of rotatable bonds is 3. The minimum atomic E-state index is -1.88. The second-order valence-electron chi connectivity index (χ2n) is 5.50. The van der Waals surface area contributed by atoms with E-state index in [0.29, 0.717) is 5.69 Å². The van der Waals surface area contributed by atoms with Gasteiger partial charge in [-0.2, -0.15) is 8.78 Å². The number of carbonyl (C=O) groups excluding carboxylic acids is 1. The highest BCUT2D eigenvalue weighted by Gasteiger charge is 2.30. The van der Waals surface area contributed by atoms with Crippen molar-refractivity contribution in [1.29, 1.82) is 0 Å². The standard InChI is InChI=1S/C17H13F4IN2O2S/c1-6-4-8(5-7(2)14(6)22)23-17(27)24-16(25)9-10(18)12(20)15(26-3)13(21)11(9)19/h4-5H,1-3H3,(H2,23,24,25,27). The Bertz CT molecular complexity index is 901. The summed E-state index contributed by atoms with van der Waals surface area (Å²) in [6.07, 6.45) is 0. The largest absolute Gasteiger partial charge is 0.491 e. The zero-order chi connectivity index (χ0) is 20.5. The van der Waals surface area contributed by atoms with Crippen LogP contribution in [0, 0.1) is 40.7 Å². The van der Waals surface area contributed by atoms with Gasteiger partial charge in [0.1, 0.15) is 5.56 Å². The van der Waals surface area contributed by atoms with E-state index in [-0.39, 0.29) is 5.11 Å². The van der Waals surface area contributed by atoms with E-state index < -0.39 is 40.5 Å². The van der Waals surface area contributed by atoms with E-state index in [2.05, 4.69) is 32.6 Å². The van der Waals surface area contributed by atoms with Gasteiger partial charge in [-0.05, 0) is 71.9 Å². The Kier molecular flexibility index (Phi) is 6.63. The molecule has 4 nitrogen and oxygen atoms in total. The fourth-order valence-electron chi connectivity index (χ4n) is 2.34. The molecule has 2 rings (SSSR count). The first-order chi connectivity index (χ1) is 12.6. The van der Waals surface area contributed by atoms with E-state index >= 15 is 0 Å². The number of amides is 1. The average molecular weight is 512 g/mol. The molecule has 0 saturated heterocycles. The normalized spacial score (nSPS) is 10.5. The highest BCUT2D eigenvalue weighted by molar-refractivity contribution is 14.1. The summed E-state index contributed by atoms with van der Waals surface area (Å²) in [5.41, 5.74) is 0.987. The fraction of sp³-hybridized carbons (Fsp3) is 0.176. The van der Waals surface area contributed by atoms with Crippen LogP contribution in [-0.4, -0.2) is 18.1 Å². The van der Waals surface area contributed by atoms with Crippen molar-refractivity contribution in [3.05, 3.63) is 55.7 Å². The van der Waals surface area contributed by atoms with Crippen LogP contribution in [0.25, 0.3) is 0 Å². The molecule has 0 fully saturated rings. The molecule has 27 heavy (non-hydrogen) atoms. The first-order valence-electron chi connectivity index (χ1n) is 7.37. The number of anilines is 1. The van der Waals surface area contributed by atoms with Crippen LogP contribution in [0.3, 0.4) is 0 Å². The summed E-state index contributed by atoms with van der Waals surface area (Å²) in [6, 6.07) is 3.50. The molecule has 0 radical (unpaired) electrons. The monoisotopic (exact) mass is 512 g/mol. The Morgan fingerprint density at radius 3 is 1.96 bits per heavy atom. The van der Waals surface area contributed by atoms with Gasteiger partial charge in [0.05, 0.1) is 7.11 Å². The number of carbonyl (C=O) groups is 1.